The second-order valence-electron chi connectivity index (χ2n) is 4.39. The summed E-state index contributed by atoms with van der Waals surface area (Å²) >= 11 is 0. The molecule has 3 nitrogen and oxygen atoms in total. The third-order valence-corrected chi connectivity index (χ3v) is 3.44. The van der Waals surface area contributed by atoms with Gasteiger partial charge in [0.1, 0.15) is 5.82 Å². The van der Waals surface area contributed by atoms with Gasteiger partial charge in [-0.1, -0.05) is 18.2 Å². The molecule has 0 saturated heterocycles. The Morgan fingerprint density at radius 3 is 2.59 bits per heavy atom. The normalized spacial score (nSPS) is 18.5. The van der Waals surface area contributed by atoms with Crippen molar-refractivity contribution in [2.45, 2.75) is 18.9 Å². The number of ether oxygens (including phenoxy) is 1. The summed E-state index contributed by atoms with van der Waals surface area (Å²) in [6.45, 7) is 0. The molecule has 17 heavy (non-hydrogen) atoms. The van der Waals surface area contributed by atoms with Crippen LogP contribution in [0.3, 0.4) is 0 Å². The number of nitrogens with one attached hydrogen (secondary N) is 1. The predicted molar refractivity (Wildman–Crippen MR) is 61.9 cm³/mol. The van der Waals surface area contributed by atoms with E-state index in [9.17, 15) is 9.18 Å². The van der Waals surface area contributed by atoms with Gasteiger partial charge in [0.15, 0.2) is 0 Å². The number of benzene rings is 1. The number of carbonyl (C=O) groups excluding carboxylic acids is 1. The Kier molecular flexibility index (Phi) is 3.15. The molecule has 0 amide bonds. The van der Waals surface area contributed by atoms with Crippen molar-refractivity contribution >= 4 is 5.97 Å². The maximum atomic E-state index is 13.8. The minimum atomic E-state index is -0.592. The second-order valence-corrected chi connectivity index (χ2v) is 4.39. The van der Waals surface area contributed by atoms with Gasteiger partial charge in [0.2, 0.25) is 0 Å². The number of rotatable bonds is 4. The summed E-state index contributed by atoms with van der Waals surface area (Å²) in [6, 6.07) is 6.21. The Hall–Kier alpha value is -1.42. The largest absolute Gasteiger partial charge is 0.469 e. The molecular weight excluding hydrogens is 221 g/mol. The van der Waals surface area contributed by atoms with Crippen LogP contribution in [0.5, 0.6) is 0 Å². The lowest BCUT2D eigenvalue weighted by molar-refractivity contribution is -0.148. The van der Waals surface area contributed by atoms with E-state index in [1.165, 1.54) is 13.2 Å². The molecule has 1 aliphatic rings. The Labute approximate surface area is 100.0 Å². The molecule has 0 spiro atoms. The van der Waals surface area contributed by atoms with E-state index in [-0.39, 0.29) is 17.8 Å². The van der Waals surface area contributed by atoms with Crippen molar-refractivity contribution in [1.29, 1.82) is 0 Å². The first kappa shape index (κ1) is 12.0. The van der Waals surface area contributed by atoms with Crippen LogP contribution in [0.1, 0.15) is 24.4 Å². The van der Waals surface area contributed by atoms with Gasteiger partial charge in [-0.2, -0.15) is 0 Å². The van der Waals surface area contributed by atoms with Gasteiger partial charge >= 0.3 is 5.97 Å². The quantitative estimate of drug-likeness (QED) is 0.814. The van der Waals surface area contributed by atoms with Crippen molar-refractivity contribution in [3.8, 4) is 0 Å². The van der Waals surface area contributed by atoms with Gasteiger partial charge in [-0.15, -0.1) is 0 Å². The molecule has 0 radical (unpaired) electrons. The molecule has 0 heterocycles. The van der Waals surface area contributed by atoms with E-state index in [4.69, 9.17) is 4.74 Å². The molecule has 0 aromatic heterocycles. The minimum Gasteiger partial charge on any atom is -0.469 e. The first-order chi connectivity index (χ1) is 8.15. The van der Waals surface area contributed by atoms with Crippen LogP contribution in [0.2, 0.25) is 0 Å². The molecule has 0 aliphatic heterocycles. The van der Waals surface area contributed by atoms with E-state index in [1.807, 2.05) is 0 Å². The minimum absolute atomic E-state index is 0.264. The molecule has 1 saturated carbocycles. The number of carbonyl (C=O) groups is 1. The van der Waals surface area contributed by atoms with Gasteiger partial charge < -0.3 is 10.1 Å². The van der Waals surface area contributed by atoms with Crippen LogP contribution < -0.4 is 5.32 Å². The van der Waals surface area contributed by atoms with Gasteiger partial charge in [0.05, 0.1) is 18.6 Å². The second kappa shape index (κ2) is 4.45. The molecule has 92 valence electrons. The molecule has 4 heteroatoms. The third-order valence-electron chi connectivity index (χ3n) is 3.44. The lowest BCUT2D eigenvalue weighted by Crippen LogP contribution is -2.34. The molecule has 1 fully saturated rings. The van der Waals surface area contributed by atoms with Crippen molar-refractivity contribution < 1.29 is 13.9 Å². The van der Waals surface area contributed by atoms with Crippen LogP contribution in [0.15, 0.2) is 24.3 Å². The Morgan fingerprint density at radius 2 is 2.12 bits per heavy atom. The standard InChI is InChI=1S/C13H16FNO2/c1-15-11(9-5-3-4-6-10(9)14)13(7-8-13)12(16)17-2/h3-6,11,15H,7-8H2,1-2H3. The van der Waals surface area contributed by atoms with E-state index in [2.05, 4.69) is 5.32 Å². The monoisotopic (exact) mass is 237 g/mol. The molecule has 1 unspecified atom stereocenters. The van der Waals surface area contributed by atoms with Crippen LogP contribution in [-0.2, 0) is 9.53 Å². The zero-order valence-corrected chi connectivity index (χ0v) is 10.00. The molecular formula is C13H16FNO2. The lowest BCUT2D eigenvalue weighted by atomic mass is 9.90. The highest BCUT2D eigenvalue weighted by molar-refractivity contribution is 5.81. The fraction of sp³-hybridized carbons (Fsp3) is 0.462. The van der Waals surface area contributed by atoms with Gasteiger partial charge in [-0.3, -0.25) is 4.79 Å². The Balaban J connectivity index is 2.35. The van der Waals surface area contributed by atoms with Crippen LogP contribution in [-0.4, -0.2) is 20.1 Å². The number of methoxy groups -OCH3 is 1. The average Bonchev–Trinajstić information content (AvgIpc) is 3.13. The van der Waals surface area contributed by atoms with Gasteiger partial charge in [-0.25, -0.2) is 4.39 Å². The summed E-state index contributed by atoms with van der Waals surface area (Å²) in [5, 5.41) is 3.04. The molecule has 1 aliphatic carbocycles. The highest BCUT2D eigenvalue weighted by Crippen LogP contribution is 2.55. The van der Waals surface area contributed by atoms with Crippen LogP contribution in [0.4, 0.5) is 4.39 Å². The highest BCUT2D eigenvalue weighted by atomic mass is 19.1. The first-order valence-corrected chi connectivity index (χ1v) is 5.66. The van der Waals surface area contributed by atoms with Crippen molar-refractivity contribution in [3.63, 3.8) is 0 Å². The van der Waals surface area contributed by atoms with E-state index in [0.717, 1.165) is 12.8 Å². The fourth-order valence-corrected chi connectivity index (χ4v) is 2.39. The third kappa shape index (κ3) is 1.93. The van der Waals surface area contributed by atoms with Crippen molar-refractivity contribution in [2.24, 2.45) is 5.41 Å². The van der Waals surface area contributed by atoms with Crippen LogP contribution in [0.25, 0.3) is 0 Å². The Morgan fingerprint density at radius 1 is 1.47 bits per heavy atom. The summed E-state index contributed by atoms with van der Waals surface area (Å²) in [7, 11) is 3.11. The Bertz CT molecular complexity index is 429. The number of hydrogen-bond donors (Lipinski definition) is 1. The van der Waals surface area contributed by atoms with Gasteiger partial charge in [0.25, 0.3) is 0 Å². The fourth-order valence-electron chi connectivity index (χ4n) is 2.39. The zero-order valence-electron chi connectivity index (χ0n) is 10.00. The number of halogens is 1. The summed E-state index contributed by atoms with van der Waals surface area (Å²) in [4.78, 5) is 11.8. The molecule has 1 atom stereocenters. The topological polar surface area (TPSA) is 38.3 Å². The summed E-state index contributed by atoms with van der Waals surface area (Å²) in [5.41, 5.74) is -0.0657. The maximum Gasteiger partial charge on any atom is 0.313 e. The SMILES string of the molecule is CNC(c1ccccc1F)C1(C(=O)OC)CC1. The molecule has 1 aromatic carbocycles. The van der Waals surface area contributed by atoms with E-state index in [1.54, 1.807) is 25.2 Å². The van der Waals surface area contributed by atoms with Gasteiger partial charge in [0, 0.05) is 5.56 Å². The maximum absolute atomic E-state index is 13.8. The highest BCUT2D eigenvalue weighted by Gasteiger charge is 2.57. The lowest BCUT2D eigenvalue weighted by Gasteiger charge is -2.25. The predicted octanol–water partition coefficient (Wildman–Crippen LogP) is 2.04. The summed E-state index contributed by atoms with van der Waals surface area (Å²) in [5.74, 6) is -0.554. The summed E-state index contributed by atoms with van der Waals surface area (Å²) < 4.78 is 18.6. The van der Waals surface area contributed by atoms with Crippen molar-refractivity contribution in [2.75, 3.05) is 14.2 Å². The zero-order chi connectivity index (χ0) is 12.5. The van der Waals surface area contributed by atoms with Crippen LogP contribution >= 0.6 is 0 Å². The van der Waals surface area contributed by atoms with Crippen LogP contribution in [0, 0.1) is 11.2 Å². The van der Waals surface area contributed by atoms with Crippen molar-refractivity contribution in [1.82, 2.24) is 5.32 Å². The first-order valence-electron chi connectivity index (χ1n) is 5.66. The van der Waals surface area contributed by atoms with E-state index in [0.29, 0.717) is 5.56 Å². The number of esters is 1. The van der Waals surface area contributed by atoms with Crippen molar-refractivity contribution in [3.05, 3.63) is 35.6 Å². The molecule has 0 bridgehead atoms. The van der Waals surface area contributed by atoms with E-state index >= 15 is 0 Å². The van der Waals surface area contributed by atoms with Gasteiger partial charge in [-0.05, 0) is 26.0 Å². The number of hydrogen-bond acceptors (Lipinski definition) is 3. The molecule has 2 rings (SSSR count). The summed E-state index contributed by atoms with van der Waals surface area (Å²) in [6.07, 6.45) is 1.47. The van der Waals surface area contributed by atoms with E-state index < -0.39 is 5.41 Å². The molecule has 1 aromatic rings. The smallest absolute Gasteiger partial charge is 0.313 e. The average molecular weight is 237 g/mol. The molecule has 1 N–H and O–H groups in total.